The third-order valence-electron chi connectivity index (χ3n) is 5.21. The number of halogens is 1. The van der Waals surface area contributed by atoms with Gasteiger partial charge in [0.2, 0.25) is 0 Å². The summed E-state index contributed by atoms with van der Waals surface area (Å²) >= 11 is 3.43. The maximum absolute atomic E-state index is 13.6. The van der Waals surface area contributed by atoms with Crippen molar-refractivity contribution in [3.63, 3.8) is 0 Å². The molecule has 5 rings (SSSR count). The lowest BCUT2D eigenvalue weighted by Gasteiger charge is -2.14. The van der Waals surface area contributed by atoms with Crippen LogP contribution in [0.2, 0.25) is 0 Å². The lowest BCUT2D eigenvalue weighted by molar-refractivity contribution is 0.474. The van der Waals surface area contributed by atoms with Gasteiger partial charge in [0.25, 0.3) is 5.56 Å². The van der Waals surface area contributed by atoms with Crippen molar-refractivity contribution in [2.24, 2.45) is 0 Å². The van der Waals surface area contributed by atoms with Crippen LogP contribution in [0, 0.1) is 0 Å². The van der Waals surface area contributed by atoms with Crippen molar-refractivity contribution in [1.82, 2.24) is 9.55 Å². The molecule has 4 nitrogen and oxygen atoms in total. The van der Waals surface area contributed by atoms with Crippen molar-refractivity contribution in [3.8, 4) is 11.4 Å². The molecule has 0 bridgehead atoms. The second kappa shape index (κ2) is 7.85. The predicted octanol–water partition coefficient (Wildman–Crippen LogP) is 6.18. The summed E-state index contributed by atoms with van der Waals surface area (Å²) in [7, 11) is 0. The van der Waals surface area contributed by atoms with E-state index in [0.717, 1.165) is 20.9 Å². The molecule has 31 heavy (non-hydrogen) atoms. The number of aromatic nitrogens is 2. The van der Waals surface area contributed by atoms with E-state index in [9.17, 15) is 9.90 Å². The Kier molecular flexibility index (Phi) is 4.88. The van der Waals surface area contributed by atoms with E-state index >= 15 is 0 Å². The quantitative estimate of drug-likeness (QED) is 0.344. The van der Waals surface area contributed by atoms with Crippen molar-refractivity contribution < 1.29 is 5.11 Å². The Labute approximate surface area is 186 Å². The fourth-order valence-electron chi connectivity index (χ4n) is 3.72. The number of nitrogens with zero attached hydrogens (tertiary/aromatic N) is 2. The summed E-state index contributed by atoms with van der Waals surface area (Å²) in [5.41, 5.74) is 1.88. The van der Waals surface area contributed by atoms with Gasteiger partial charge in [0.05, 0.1) is 16.6 Å². The number of benzene rings is 4. The largest absolute Gasteiger partial charge is 0.507 e. The van der Waals surface area contributed by atoms with Crippen molar-refractivity contribution in [1.29, 1.82) is 0 Å². The number of fused-ring (bicyclic) bond motifs is 2. The third kappa shape index (κ3) is 3.53. The third-order valence-corrected chi connectivity index (χ3v) is 5.70. The first kappa shape index (κ1) is 19.3. The van der Waals surface area contributed by atoms with Gasteiger partial charge in [-0.25, -0.2) is 4.98 Å². The molecule has 0 aliphatic heterocycles. The molecule has 1 N–H and O–H groups in total. The summed E-state index contributed by atoms with van der Waals surface area (Å²) in [5, 5.41) is 12.8. The zero-order valence-corrected chi connectivity index (χ0v) is 18.0. The molecule has 0 saturated heterocycles. The number of rotatable bonds is 3. The second-order valence-corrected chi connectivity index (χ2v) is 8.08. The normalized spacial score (nSPS) is 11.5. The molecule has 0 radical (unpaired) electrons. The highest BCUT2D eigenvalue weighted by Crippen LogP contribution is 2.26. The number of phenolic OH excluding ortho intramolecular Hbond substituents is 1. The van der Waals surface area contributed by atoms with Crippen LogP contribution in [0.15, 0.2) is 94.2 Å². The Balaban J connectivity index is 1.81. The van der Waals surface area contributed by atoms with Crippen LogP contribution in [-0.2, 0) is 0 Å². The van der Waals surface area contributed by atoms with Gasteiger partial charge in [-0.15, -0.1) is 0 Å². The van der Waals surface area contributed by atoms with Crippen LogP contribution < -0.4 is 5.56 Å². The average Bonchev–Trinajstić information content (AvgIpc) is 2.79. The van der Waals surface area contributed by atoms with Gasteiger partial charge in [0.1, 0.15) is 11.6 Å². The molecule has 1 heterocycles. The lowest BCUT2D eigenvalue weighted by Crippen LogP contribution is -2.22. The van der Waals surface area contributed by atoms with Crippen LogP contribution >= 0.6 is 15.9 Å². The van der Waals surface area contributed by atoms with Gasteiger partial charge in [-0.2, -0.15) is 0 Å². The van der Waals surface area contributed by atoms with Gasteiger partial charge in [0, 0.05) is 15.4 Å². The lowest BCUT2D eigenvalue weighted by atomic mass is 10.1. The highest BCUT2D eigenvalue weighted by Gasteiger charge is 2.13. The number of para-hydroxylation sites is 1. The zero-order valence-electron chi connectivity index (χ0n) is 16.4. The summed E-state index contributed by atoms with van der Waals surface area (Å²) < 4.78 is 2.48. The molecule has 0 amide bonds. The first-order valence-electron chi connectivity index (χ1n) is 9.78. The Morgan fingerprint density at radius 2 is 1.58 bits per heavy atom. The topological polar surface area (TPSA) is 55.1 Å². The minimum atomic E-state index is -0.139. The van der Waals surface area contributed by atoms with Gasteiger partial charge >= 0.3 is 0 Å². The number of hydrogen-bond acceptors (Lipinski definition) is 3. The maximum Gasteiger partial charge on any atom is 0.266 e. The van der Waals surface area contributed by atoms with Gasteiger partial charge in [0.15, 0.2) is 0 Å². The summed E-state index contributed by atoms with van der Waals surface area (Å²) in [5.74, 6) is 0.638. The SMILES string of the molecule is O=c1c2ccccc2nc(/C=C/c2cc(Br)ccc2O)n1-c1cccc2ccccc12. The van der Waals surface area contributed by atoms with Crippen molar-refractivity contribution in [2.75, 3.05) is 0 Å². The Bertz CT molecular complexity index is 1530. The summed E-state index contributed by atoms with van der Waals surface area (Å²) in [6, 6.07) is 26.4. The standard InChI is InChI=1S/C26H17BrN2O2/c27-19-13-14-24(30)18(16-19)12-15-25-28-22-10-4-3-9-21(22)26(31)29(25)23-11-5-7-17-6-1-2-8-20(17)23/h1-16,30H/b15-12+. The van der Waals surface area contributed by atoms with Crippen LogP contribution in [0.3, 0.4) is 0 Å². The molecule has 0 unspecified atom stereocenters. The van der Waals surface area contributed by atoms with Crippen LogP contribution in [0.5, 0.6) is 5.75 Å². The number of aromatic hydroxyl groups is 1. The highest BCUT2D eigenvalue weighted by atomic mass is 79.9. The van der Waals surface area contributed by atoms with Crippen LogP contribution in [0.1, 0.15) is 11.4 Å². The van der Waals surface area contributed by atoms with Gasteiger partial charge in [-0.3, -0.25) is 9.36 Å². The molecule has 5 heteroatoms. The van der Waals surface area contributed by atoms with Crippen LogP contribution in [0.25, 0.3) is 39.5 Å². The fourth-order valence-corrected chi connectivity index (χ4v) is 4.10. The molecular weight excluding hydrogens is 452 g/mol. The Morgan fingerprint density at radius 1 is 0.839 bits per heavy atom. The molecule has 0 atom stereocenters. The van der Waals surface area contributed by atoms with E-state index in [-0.39, 0.29) is 11.3 Å². The molecular formula is C26H17BrN2O2. The zero-order chi connectivity index (χ0) is 21.4. The van der Waals surface area contributed by atoms with Gasteiger partial charge in [-0.05, 0) is 53.9 Å². The number of hydrogen-bond donors (Lipinski definition) is 1. The van der Waals surface area contributed by atoms with Crippen LogP contribution in [-0.4, -0.2) is 14.7 Å². The van der Waals surface area contributed by atoms with E-state index in [0.29, 0.717) is 22.3 Å². The van der Waals surface area contributed by atoms with Crippen molar-refractivity contribution >= 4 is 49.8 Å². The molecule has 5 aromatic rings. The monoisotopic (exact) mass is 468 g/mol. The first-order valence-corrected chi connectivity index (χ1v) is 10.6. The van der Waals surface area contributed by atoms with E-state index in [4.69, 9.17) is 4.98 Å². The van der Waals surface area contributed by atoms with E-state index in [2.05, 4.69) is 15.9 Å². The van der Waals surface area contributed by atoms with E-state index in [1.54, 1.807) is 34.9 Å². The summed E-state index contributed by atoms with van der Waals surface area (Å²) in [4.78, 5) is 18.3. The smallest absolute Gasteiger partial charge is 0.266 e. The molecule has 0 spiro atoms. The van der Waals surface area contributed by atoms with E-state index in [1.165, 1.54) is 0 Å². The summed E-state index contributed by atoms with van der Waals surface area (Å²) in [6.07, 6.45) is 3.52. The van der Waals surface area contributed by atoms with E-state index in [1.807, 2.05) is 66.7 Å². The molecule has 1 aromatic heterocycles. The molecule has 150 valence electrons. The maximum atomic E-state index is 13.6. The molecule has 0 saturated carbocycles. The second-order valence-electron chi connectivity index (χ2n) is 7.16. The Hall–Kier alpha value is -3.70. The fraction of sp³-hybridized carbons (Fsp3) is 0. The van der Waals surface area contributed by atoms with Gasteiger partial charge in [-0.1, -0.05) is 64.5 Å². The molecule has 4 aromatic carbocycles. The summed E-state index contributed by atoms with van der Waals surface area (Å²) in [6.45, 7) is 0. The number of phenols is 1. The molecule has 0 fully saturated rings. The van der Waals surface area contributed by atoms with Crippen LogP contribution in [0.4, 0.5) is 0 Å². The minimum Gasteiger partial charge on any atom is -0.507 e. The highest BCUT2D eigenvalue weighted by molar-refractivity contribution is 9.10. The Morgan fingerprint density at radius 3 is 2.45 bits per heavy atom. The predicted molar refractivity (Wildman–Crippen MR) is 130 cm³/mol. The first-order chi connectivity index (χ1) is 15.1. The van der Waals surface area contributed by atoms with Crippen molar-refractivity contribution in [2.45, 2.75) is 0 Å². The minimum absolute atomic E-state index is 0.139. The average molecular weight is 469 g/mol. The van der Waals surface area contributed by atoms with Gasteiger partial charge < -0.3 is 5.11 Å². The van der Waals surface area contributed by atoms with Crippen molar-refractivity contribution in [3.05, 3.63) is 111 Å². The molecule has 0 aliphatic rings. The van der Waals surface area contributed by atoms with E-state index < -0.39 is 0 Å². The molecule has 0 aliphatic carbocycles.